The molecular formula is C13H21IOSi. The summed E-state index contributed by atoms with van der Waals surface area (Å²) in [5.41, 5.74) is 1.29. The second kappa shape index (κ2) is 4.68. The maximum atomic E-state index is 6.31. The summed E-state index contributed by atoms with van der Waals surface area (Å²) in [6, 6.07) is 6.27. The van der Waals surface area contributed by atoms with Crippen LogP contribution in [0.4, 0.5) is 0 Å². The summed E-state index contributed by atoms with van der Waals surface area (Å²) in [6.07, 6.45) is 0. The number of aryl methyl sites for hydroxylation is 1. The largest absolute Gasteiger partial charge is 0.543 e. The topological polar surface area (TPSA) is 9.23 Å². The average Bonchev–Trinajstić information content (AvgIpc) is 2.11. The van der Waals surface area contributed by atoms with Gasteiger partial charge in [0.05, 0.1) is 3.57 Å². The molecule has 0 fully saturated rings. The van der Waals surface area contributed by atoms with Crippen molar-refractivity contribution in [3.63, 3.8) is 0 Å². The van der Waals surface area contributed by atoms with Crippen LogP contribution >= 0.6 is 22.6 Å². The van der Waals surface area contributed by atoms with Crippen LogP contribution in [0.15, 0.2) is 18.2 Å². The van der Waals surface area contributed by atoms with E-state index in [0.29, 0.717) is 0 Å². The first-order chi connectivity index (χ1) is 7.15. The third-order valence-corrected chi connectivity index (χ3v) is 9.05. The van der Waals surface area contributed by atoms with E-state index >= 15 is 0 Å². The Morgan fingerprint density at radius 1 is 1.19 bits per heavy atom. The Balaban J connectivity index is 3.02. The first-order valence-corrected chi connectivity index (χ1v) is 9.58. The molecule has 1 rings (SSSR count). The minimum absolute atomic E-state index is 0.250. The van der Waals surface area contributed by atoms with Crippen molar-refractivity contribution in [1.29, 1.82) is 0 Å². The number of benzene rings is 1. The molecule has 0 heterocycles. The van der Waals surface area contributed by atoms with Gasteiger partial charge in [0.25, 0.3) is 8.32 Å². The summed E-state index contributed by atoms with van der Waals surface area (Å²) in [7, 11) is -1.70. The molecule has 1 nitrogen and oxygen atoms in total. The highest BCUT2D eigenvalue weighted by Crippen LogP contribution is 2.38. The first-order valence-electron chi connectivity index (χ1n) is 5.59. The molecule has 0 spiro atoms. The second-order valence-corrected chi connectivity index (χ2v) is 11.6. The second-order valence-electron chi connectivity index (χ2n) is 5.75. The maximum Gasteiger partial charge on any atom is 0.250 e. The summed E-state index contributed by atoms with van der Waals surface area (Å²) in [6.45, 7) is 13.5. The molecule has 0 aromatic heterocycles. The zero-order valence-corrected chi connectivity index (χ0v) is 14.2. The van der Waals surface area contributed by atoms with E-state index < -0.39 is 8.32 Å². The highest BCUT2D eigenvalue weighted by atomic mass is 127. The fraction of sp³-hybridized carbons (Fsp3) is 0.538. The van der Waals surface area contributed by atoms with Crippen LogP contribution in [0.25, 0.3) is 0 Å². The maximum absolute atomic E-state index is 6.31. The van der Waals surface area contributed by atoms with Gasteiger partial charge in [-0.1, -0.05) is 32.9 Å². The fourth-order valence-electron chi connectivity index (χ4n) is 1.13. The molecule has 0 saturated heterocycles. The Morgan fingerprint density at radius 3 is 2.25 bits per heavy atom. The summed E-state index contributed by atoms with van der Waals surface area (Å²) in [5.74, 6) is 1.05. The van der Waals surface area contributed by atoms with E-state index in [1.165, 1.54) is 9.13 Å². The quantitative estimate of drug-likeness (QED) is 0.541. The summed E-state index contributed by atoms with van der Waals surface area (Å²) in [4.78, 5) is 0. The zero-order valence-electron chi connectivity index (χ0n) is 11.0. The van der Waals surface area contributed by atoms with Crippen molar-refractivity contribution in [3.05, 3.63) is 27.3 Å². The smallest absolute Gasteiger partial charge is 0.250 e. The molecule has 0 saturated carbocycles. The SMILES string of the molecule is Cc1cccc(O[Si](C)(C)C(C)(C)C)c1I. The summed E-state index contributed by atoms with van der Waals surface area (Å²) >= 11 is 2.37. The van der Waals surface area contributed by atoms with Gasteiger partial charge in [0.1, 0.15) is 5.75 Å². The van der Waals surface area contributed by atoms with Gasteiger partial charge in [0.2, 0.25) is 0 Å². The molecule has 0 amide bonds. The Hall–Kier alpha value is -0.0331. The van der Waals surface area contributed by atoms with Gasteiger partial charge >= 0.3 is 0 Å². The lowest BCUT2D eigenvalue weighted by Crippen LogP contribution is -2.44. The Kier molecular flexibility index (Phi) is 4.11. The van der Waals surface area contributed by atoms with Crippen LogP contribution in [0.3, 0.4) is 0 Å². The minimum Gasteiger partial charge on any atom is -0.543 e. The van der Waals surface area contributed by atoms with E-state index in [1.807, 2.05) is 0 Å². The molecular weight excluding hydrogens is 327 g/mol. The van der Waals surface area contributed by atoms with Crippen LogP contribution in [0.2, 0.25) is 18.1 Å². The molecule has 16 heavy (non-hydrogen) atoms. The predicted molar refractivity (Wildman–Crippen MR) is 81.7 cm³/mol. The summed E-state index contributed by atoms with van der Waals surface area (Å²) in [5, 5.41) is 0.250. The van der Waals surface area contributed by atoms with Crippen LogP contribution in [0, 0.1) is 10.5 Å². The molecule has 1 aromatic rings. The van der Waals surface area contributed by atoms with Gasteiger partial charge in [-0.15, -0.1) is 0 Å². The lowest BCUT2D eigenvalue weighted by atomic mass is 10.2. The molecule has 0 radical (unpaired) electrons. The molecule has 0 aliphatic carbocycles. The number of hydrogen-bond acceptors (Lipinski definition) is 1. The lowest BCUT2D eigenvalue weighted by Gasteiger charge is -2.36. The number of rotatable bonds is 2. The van der Waals surface area contributed by atoms with Crippen LogP contribution in [-0.4, -0.2) is 8.32 Å². The normalized spacial score (nSPS) is 12.7. The predicted octanol–water partition coefficient (Wildman–Crippen LogP) is 4.98. The van der Waals surface area contributed by atoms with Crippen molar-refractivity contribution in [2.24, 2.45) is 0 Å². The van der Waals surface area contributed by atoms with Crippen molar-refractivity contribution < 1.29 is 4.43 Å². The van der Waals surface area contributed by atoms with Gasteiger partial charge in [-0.3, -0.25) is 0 Å². The number of halogens is 1. The molecule has 0 bridgehead atoms. The molecule has 90 valence electrons. The van der Waals surface area contributed by atoms with E-state index in [9.17, 15) is 0 Å². The van der Waals surface area contributed by atoms with E-state index in [1.54, 1.807) is 0 Å². The summed E-state index contributed by atoms with van der Waals surface area (Å²) < 4.78 is 7.55. The minimum atomic E-state index is -1.70. The molecule has 0 atom stereocenters. The van der Waals surface area contributed by atoms with E-state index in [2.05, 4.69) is 81.6 Å². The molecule has 0 aliphatic heterocycles. The molecule has 3 heteroatoms. The monoisotopic (exact) mass is 348 g/mol. The van der Waals surface area contributed by atoms with Gasteiger partial charge < -0.3 is 4.43 Å². The van der Waals surface area contributed by atoms with Gasteiger partial charge in [0.15, 0.2) is 0 Å². The van der Waals surface area contributed by atoms with Crippen LogP contribution < -0.4 is 4.43 Å². The molecule has 1 aromatic carbocycles. The lowest BCUT2D eigenvalue weighted by molar-refractivity contribution is 0.489. The van der Waals surface area contributed by atoms with Crippen molar-refractivity contribution >= 4 is 30.9 Å². The van der Waals surface area contributed by atoms with Gasteiger partial charge in [0, 0.05) is 0 Å². The van der Waals surface area contributed by atoms with Gasteiger partial charge in [-0.25, -0.2) is 0 Å². The Bertz CT molecular complexity index is 380. The number of hydrogen-bond donors (Lipinski definition) is 0. The zero-order chi connectivity index (χ0) is 12.6. The van der Waals surface area contributed by atoms with Gasteiger partial charge in [-0.05, 0) is 59.3 Å². The molecule has 0 N–H and O–H groups in total. The van der Waals surface area contributed by atoms with Crippen LogP contribution in [0.1, 0.15) is 26.3 Å². The van der Waals surface area contributed by atoms with Crippen molar-refractivity contribution in [3.8, 4) is 5.75 Å². The van der Waals surface area contributed by atoms with Crippen molar-refractivity contribution in [2.45, 2.75) is 45.8 Å². The fourth-order valence-corrected chi connectivity index (χ4v) is 2.83. The van der Waals surface area contributed by atoms with Crippen molar-refractivity contribution in [2.75, 3.05) is 0 Å². The van der Waals surface area contributed by atoms with E-state index in [-0.39, 0.29) is 5.04 Å². The first kappa shape index (κ1) is 14.0. The van der Waals surface area contributed by atoms with Gasteiger partial charge in [-0.2, -0.15) is 0 Å². The third-order valence-electron chi connectivity index (χ3n) is 3.33. The molecule has 0 aliphatic rings. The standard InChI is InChI=1S/C13H21IOSi/c1-10-8-7-9-11(12(10)14)15-16(5,6)13(2,3)4/h7-9H,1-6H3. The third kappa shape index (κ3) is 3.00. The van der Waals surface area contributed by atoms with Crippen molar-refractivity contribution in [1.82, 2.24) is 0 Å². The van der Waals surface area contributed by atoms with E-state index in [4.69, 9.17) is 4.43 Å². The van der Waals surface area contributed by atoms with Crippen LogP contribution in [0.5, 0.6) is 5.75 Å². The van der Waals surface area contributed by atoms with Crippen LogP contribution in [-0.2, 0) is 0 Å². The Morgan fingerprint density at radius 2 is 1.75 bits per heavy atom. The highest BCUT2D eigenvalue weighted by molar-refractivity contribution is 14.1. The highest BCUT2D eigenvalue weighted by Gasteiger charge is 2.39. The van der Waals surface area contributed by atoms with E-state index in [0.717, 1.165) is 5.75 Å². The Labute approximate surface area is 114 Å². The molecule has 0 unspecified atom stereocenters. The average molecular weight is 348 g/mol.